The maximum atomic E-state index is 5.96. The minimum Gasteiger partial charge on any atom is -0.492 e. The Morgan fingerprint density at radius 2 is 2.10 bits per heavy atom. The second-order valence-electron chi connectivity index (χ2n) is 7.83. The summed E-state index contributed by atoms with van der Waals surface area (Å²) in [5.74, 6) is 3.62. The van der Waals surface area contributed by atoms with E-state index in [1.807, 2.05) is 6.20 Å². The molecule has 0 radical (unpaired) electrons. The van der Waals surface area contributed by atoms with Crippen LogP contribution in [-0.4, -0.2) is 17.1 Å². The number of aromatic nitrogens is 1. The smallest absolute Gasteiger partial charge is 0.137 e. The third-order valence-electron chi connectivity index (χ3n) is 4.95. The number of hydrogen-bond acceptors (Lipinski definition) is 3. The molecule has 3 nitrogen and oxygen atoms in total. The van der Waals surface area contributed by atoms with Crippen molar-refractivity contribution >= 4 is 0 Å². The Hall–Kier alpha value is -1.09. The Morgan fingerprint density at radius 3 is 2.67 bits per heavy atom. The maximum absolute atomic E-state index is 5.96. The molecular weight excluding hydrogens is 260 g/mol. The number of fused-ring (bicyclic) bond motifs is 2. The quantitative estimate of drug-likeness (QED) is 0.895. The fraction of sp³-hybridized carbons (Fsp3) is 0.722. The first-order valence-electron chi connectivity index (χ1n) is 8.32. The van der Waals surface area contributed by atoms with Gasteiger partial charge in [0.25, 0.3) is 0 Å². The zero-order valence-corrected chi connectivity index (χ0v) is 13.6. The van der Waals surface area contributed by atoms with Crippen LogP contribution in [0, 0.1) is 17.8 Å². The second-order valence-corrected chi connectivity index (χ2v) is 7.83. The summed E-state index contributed by atoms with van der Waals surface area (Å²) < 4.78 is 5.96. The lowest BCUT2D eigenvalue weighted by Crippen LogP contribution is -2.35. The van der Waals surface area contributed by atoms with Crippen LogP contribution in [0.1, 0.15) is 52.1 Å². The van der Waals surface area contributed by atoms with Gasteiger partial charge in [0.2, 0.25) is 0 Å². The zero-order valence-electron chi connectivity index (χ0n) is 13.6. The summed E-state index contributed by atoms with van der Waals surface area (Å²) in [5, 5.41) is 3.45. The van der Waals surface area contributed by atoms with Crippen molar-refractivity contribution in [3.63, 3.8) is 0 Å². The summed E-state index contributed by atoms with van der Waals surface area (Å²) in [6.07, 6.45) is 7.58. The Kier molecular flexibility index (Phi) is 4.21. The van der Waals surface area contributed by atoms with Crippen LogP contribution in [0.25, 0.3) is 0 Å². The van der Waals surface area contributed by atoms with Crippen LogP contribution in [0.3, 0.4) is 0 Å². The lowest BCUT2D eigenvalue weighted by molar-refractivity contribution is 0.194. The number of pyridine rings is 1. The van der Waals surface area contributed by atoms with Crippen molar-refractivity contribution in [2.24, 2.45) is 17.8 Å². The predicted octanol–water partition coefficient (Wildman–Crippen LogP) is 3.78. The first-order valence-corrected chi connectivity index (χ1v) is 8.32. The first kappa shape index (κ1) is 14.8. The van der Waals surface area contributed by atoms with E-state index in [0.717, 1.165) is 42.3 Å². The van der Waals surface area contributed by atoms with E-state index >= 15 is 0 Å². The molecule has 2 bridgehead atoms. The van der Waals surface area contributed by atoms with Crippen LogP contribution in [0.5, 0.6) is 5.75 Å². The molecule has 2 aliphatic rings. The molecule has 116 valence electrons. The Balaban J connectivity index is 1.46. The summed E-state index contributed by atoms with van der Waals surface area (Å²) in [4.78, 5) is 4.49. The van der Waals surface area contributed by atoms with Crippen molar-refractivity contribution in [1.29, 1.82) is 0 Å². The molecule has 2 saturated carbocycles. The number of hydrogen-bond donors (Lipinski definition) is 1. The van der Waals surface area contributed by atoms with Crippen molar-refractivity contribution in [2.45, 2.75) is 58.5 Å². The molecular formula is C18H28N2O. The van der Waals surface area contributed by atoms with Gasteiger partial charge in [-0.1, -0.05) is 6.42 Å². The lowest BCUT2D eigenvalue weighted by atomic mass is 9.90. The molecule has 21 heavy (non-hydrogen) atoms. The topological polar surface area (TPSA) is 34.1 Å². The van der Waals surface area contributed by atoms with Gasteiger partial charge in [-0.05, 0) is 69.9 Å². The van der Waals surface area contributed by atoms with Gasteiger partial charge in [0.15, 0.2) is 0 Å². The molecule has 0 aliphatic heterocycles. The molecule has 0 amide bonds. The van der Waals surface area contributed by atoms with Gasteiger partial charge in [0.1, 0.15) is 5.75 Å². The van der Waals surface area contributed by atoms with Gasteiger partial charge >= 0.3 is 0 Å². The highest BCUT2D eigenvalue weighted by molar-refractivity contribution is 5.20. The van der Waals surface area contributed by atoms with Crippen LogP contribution in [0.15, 0.2) is 18.3 Å². The third kappa shape index (κ3) is 3.97. The molecule has 1 heterocycles. The summed E-state index contributed by atoms with van der Waals surface area (Å²) in [6.45, 7) is 8.18. The fourth-order valence-corrected chi connectivity index (χ4v) is 3.74. The number of rotatable bonds is 5. The number of nitrogens with zero attached hydrogens (tertiary/aromatic N) is 1. The average molecular weight is 288 g/mol. The molecule has 3 heteroatoms. The van der Waals surface area contributed by atoms with Gasteiger partial charge in [0, 0.05) is 12.1 Å². The molecule has 1 N–H and O–H groups in total. The Labute approximate surface area is 128 Å². The van der Waals surface area contributed by atoms with Gasteiger partial charge < -0.3 is 10.1 Å². The highest BCUT2D eigenvalue weighted by Crippen LogP contribution is 2.48. The van der Waals surface area contributed by atoms with E-state index in [-0.39, 0.29) is 5.54 Å². The van der Waals surface area contributed by atoms with Crippen molar-refractivity contribution in [3.05, 3.63) is 24.0 Å². The van der Waals surface area contributed by atoms with E-state index in [1.54, 1.807) is 0 Å². The maximum Gasteiger partial charge on any atom is 0.137 e. The van der Waals surface area contributed by atoms with Crippen LogP contribution in [0.4, 0.5) is 0 Å². The van der Waals surface area contributed by atoms with E-state index in [2.05, 4.69) is 43.2 Å². The van der Waals surface area contributed by atoms with Crippen LogP contribution in [-0.2, 0) is 6.54 Å². The normalized spacial score (nSPS) is 28.0. The van der Waals surface area contributed by atoms with Crippen molar-refractivity contribution in [1.82, 2.24) is 10.3 Å². The highest BCUT2D eigenvalue weighted by atomic mass is 16.5. The molecule has 1 aromatic rings. The summed E-state index contributed by atoms with van der Waals surface area (Å²) >= 11 is 0. The van der Waals surface area contributed by atoms with Gasteiger partial charge in [0.05, 0.1) is 18.5 Å². The van der Waals surface area contributed by atoms with Crippen LogP contribution >= 0.6 is 0 Å². The molecule has 2 fully saturated rings. The fourth-order valence-electron chi connectivity index (χ4n) is 3.74. The molecule has 1 aromatic heterocycles. The molecule has 3 unspecified atom stereocenters. The number of ether oxygens (including phenoxy) is 1. The Morgan fingerprint density at radius 1 is 1.24 bits per heavy atom. The Bertz CT molecular complexity index is 463. The molecule has 2 aliphatic carbocycles. The third-order valence-corrected chi connectivity index (χ3v) is 4.95. The van der Waals surface area contributed by atoms with Crippen molar-refractivity contribution in [3.8, 4) is 5.75 Å². The van der Waals surface area contributed by atoms with E-state index in [1.165, 1.54) is 25.7 Å². The standard InChI is InChI=1S/C18H28N2O/c1-18(2,3)20-10-16-6-7-17(11-19-16)21-12-15-9-13-4-5-14(15)8-13/h6-7,11,13-15,20H,4-5,8-10,12H2,1-3H3. The van der Waals surface area contributed by atoms with E-state index in [9.17, 15) is 0 Å². The van der Waals surface area contributed by atoms with E-state index in [0.29, 0.717) is 0 Å². The predicted molar refractivity (Wildman–Crippen MR) is 85.3 cm³/mol. The molecule has 3 atom stereocenters. The van der Waals surface area contributed by atoms with Gasteiger partial charge in [-0.25, -0.2) is 0 Å². The average Bonchev–Trinajstić information content (AvgIpc) is 3.05. The molecule has 0 aromatic carbocycles. The first-order chi connectivity index (χ1) is 9.99. The molecule has 3 rings (SSSR count). The van der Waals surface area contributed by atoms with Crippen molar-refractivity contribution in [2.75, 3.05) is 6.61 Å². The van der Waals surface area contributed by atoms with Gasteiger partial charge in [-0.15, -0.1) is 0 Å². The lowest BCUT2D eigenvalue weighted by Gasteiger charge is -2.22. The monoisotopic (exact) mass is 288 g/mol. The van der Waals surface area contributed by atoms with E-state index in [4.69, 9.17) is 4.74 Å². The highest BCUT2D eigenvalue weighted by Gasteiger charge is 2.39. The van der Waals surface area contributed by atoms with Crippen molar-refractivity contribution < 1.29 is 4.74 Å². The second kappa shape index (κ2) is 5.96. The summed E-state index contributed by atoms with van der Waals surface area (Å²) in [5.41, 5.74) is 1.19. The SMILES string of the molecule is CC(C)(C)NCc1ccc(OCC2CC3CCC2C3)cn1. The summed E-state index contributed by atoms with van der Waals surface area (Å²) in [7, 11) is 0. The molecule has 0 saturated heterocycles. The van der Waals surface area contributed by atoms with Gasteiger partial charge in [-0.2, -0.15) is 0 Å². The van der Waals surface area contributed by atoms with Crippen LogP contribution < -0.4 is 10.1 Å². The zero-order chi connectivity index (χ0) is 14.9. The van der Waals surface area contributed by atoms with Crippen LogP contribution in [0.2, 0.25) is 0 Å². The minimum absolute atomic E-state index is 0.124. The van der Waals surface area contributed by atoms with Gasteiger partial charge in [-0.3, -0.25) is 4.98 Å². The van der Waals surface area contributed by atoms with E-state index < -0.39 is 0 Å². The summed E-state index contributed by atoms with van der Waals surface area (Å²) in [6, 6.07) is 4.12. The minimum atomic E-state index is 0.124. The largest absolute Gasteiger partial charge is 0.492 e. The number of nitrogens with one attached hydrogen (secondary N) is 1. The molecule has 0 spiro atoms.